The number of amides is 3. The first-order valence-electron chi connectivity index (χ1n) is 12.0. The summed E-state index contributed by atoms with van der Waals surface area (Å²) in [5, 5.41) is 47.2. The molecule has 7 N–H and O–H groups in total. The molecule has 0 atom stereocenters. The van der Waals surface area contributed by atoms with E-state index in [1.807, 2.05) is 25.7 Å². The van der Waals surface area contributed by atoms with Gasteiger partial charge in [-0.15, -0.1) is 0 Å². The third kappa shape index (κ3) is 9.53. The van der Waals surface area contributed by atoms with Crippen molar-refractivity contribution < 1.29 is 34.8 Å². The molecule has 0 spiro atoms. The summed E-state index contributed by atoms with van der Waals surface area (Å²) < 4.78 is 0. The third-order valence-electron chi connectivity index (χ3n) is 5.39. The van der Waals surface area contributed by atoms with Gasteiger partial charge >= 0.3 is 0 Å². The first-order valence-corrected chi connectivity index (χ1v) is 12.0. The standard InChI is InChI=1S/C26H36N4O7/c1-26(2,3)16-21(33)27-10-13-30(14-11-28-24(36)17-6-4-8-19(31)22(17)34)15-12-29-25(37)18-7-5-9-20(32)23(18)35/h4-9,31-32,34-35H,10-16H2,1-3H3,(H,27,33)(H,28,36)(H,29,37). The van der Waals surface area contributed by atoms with Crippen LogP contribution in [0.1, 0.15) is 47.9 Å². The number of para-hydroxylation sites is 2. The van der Waals surface area contributed by atoms with Gasteiger partial charge in [0.25, 0.3) is 11.8 Å². The molecule has 11 heteroatoms. The minimum absolute atomic E-state index is 0.0563. The van der Waals surface area contributed by atoms with Gasteiger partial charge in [-0.1, -0.05) is 32.9 Å². The van der Waals surface area contributed by atoms with Gasteiger partial charge < -0.3 is 36.4 Å². The first-order chi connectivity index (χ1) is 17.4. The molecular formula is C26H36N4O7. The molecule has 11 nitrogen and oxygen atoms in total. The van der Waals surface area contributed by atoms with Crippen LogP contribution in [0.4, 0.5) is 0 Å². The molecule has 0 saturated heterocycles. The molecule has 0 unspecified atom stereocenters. The van der Waals surface area contributed by atoms with E-state index in [4.69, 9.17) is 0 Å². The van der Waals surface area contributed by atoms with Gasteiger partial charge in [0.1, 0.15) is 0 Å². The van der Waals surface area contributed by atoms with E-state index in [1.54, 1.807) is 0 Å². The zero-order valence-corrected chi connectivity index (χ0v) is 21.4. The molecule has 2 aromatic rings. The average molecular weight is 517 g/mol. The van der Waals surface area contributed by atoms with Crippen LogP contribution in [-0.2, 0) is 4.79 Å². The van der Waals surface area contributed by atoms with Gasteiger partial charge in [-0.05, 0) is 29.7 Å². The number of hydrogen-bond acceptors (Lipinski definition) is 8. The Morgan fingerprint density at radius 1 is 0.703 bits per heavy atom. The largest absolute Gasteiger partial charge is 0.504 e. The van der Waals surface area contributed by atoms with E-state index >= 15 is 0 Å². The predicted octanol–water partition coefficient (Wildman–Crippen LogP) is 1.52. The Morgan fingerprint density at radius 2 is 1.11 bits per heavy atom. The summed E-state index contributed by atoms with van der Waals surface area (Å²) in [7, 11) is 0. The van der Waals surface area contributed by atoms with Gasteiger partial charge in [0, 0.05) is 45.7 Å². The monoisotopic (exact) mass is 516 g/mol. The number of nitrogens with zero attached hydrogens (tertiary/aromatic N) is 1. The zero-order chi connectivity index (χ0) is 27.6. The summed E-state index contributed by atoms with van der Waals surface area (Å²) in [6.45, 7) is 7.85. The molecule has 202 valence electrons. The number of benzene rings is 2. The van der Waals surface area contributed by atoms with Crippen molar-refractivity contribution in [1.29, 1.82) is 0 Å². The fraction of sp³-hybridized carbons (Fsp3) is 0.423. The minimum Gasteiger partial charge on any atom is -0.504 e. The molecule has 0 bridgehead atoms. The van der Waals surface area contributed by atoms with Gasteiger partial charge in [-0.25, -0.2) is 0 Å². The molecule has 0 aliphatic heterocycles. The van der Waals surface area contributed by atoms with Gasteiger partial charge in [-0.3, -0.25) is 19.3 Å². The lowest BCUT2D eigenvalue weighted by atomic mass is 9.92. The number of phenols is 4. The van der Waals surface area contributed by atoms with Crippen LogP contribution in [0.5, 0.6) is 23.0 Å². The lowest BCUT2D eigenvalue weighted by Crippen LogP contribution is -2.43. The van der Waals surface area contributed by atoms with Gasteiger partial charge in [0.2, 0.25) is 5.91 Å². The number of carbonyl (C=O) groups is 3. The quantitative estimate of drug-likeness (QED) is 0.208. The lowest BCUT2D eigenvalue weighted by Gasteiger charge is -2.24. The van der Waals surface area contributed by atoms with Crippen LogP contribution in [0.2, 0.25) is 0 Å². The average Bonchev–Trinajstić information content (AvgIpc) is 2.81. The minimum atomic E-state index is -0.556. The van der Waals surface area contributed by atoms with Crippen LogP contribution in [0.3, 0.4) is 0 Å². The van der Waals surface area contributed by atoms with E-state index in [1.165, 1.54) is 36.4 Å². The highest BCUT2D eigenvalue weighted by Crippen LogP contribution is 2.28. The number of hydrogen-bond donors (Lipinski definition) is 7. The van der Waals surface area contributed by atoms with E-state index in [2.05, 4.69) is 16.0 Å². The molecule has 0 aliphatic carbocycles. The molecule has 0 heterocycles. The molecule has 2 rings (SSSR count). The molecule has 3 amide bonds. The van der Waals surface area contributed by atoms with Crippen molar-refractivity contribution in [3.05, 3.63) is 47.5 Å². The summed E-state index contributed by atoms with van der Waals surface area (Å²) >= 11 is 0. The van der Waals surface area contributed by atoms with Crippen LogP contribution < -0.4 is 16.0 Å². The number of aromatic hydroxyl groups is 4. The number of nitrogens with one attached hydrogen (secondary N) is 3. The van der Waals surface area contributed by atoms with Crippen molar-refractivity contribution in [3.8, 4) is 23.0 Å². The van der Waals surface area contributed by atoms with E-state index in [0.717, 1.165) is 0 Å². The second kappa shape index (κ2) is 13.4. The van der Waals surface area contributed by atoms with Gasteiger partial charge in [0.05, 0.1) is 11.1 Å². The predicted molar refractivity (Wildman–Crippen MR) is 138 cm³/mol. The highest BCUT2D eigenvalue weighted by molar-refractivity contribution is 5.98. The van der Waals surface area contributed by atoms with Crippen molar-refractivity contribution in [2.45, 2.75) is 27.2 Å². The molecule has 2 aromatic carbocycles. The van der Waals surface area contributed by atoms with Crippen LogP contribution >= 0.6 is 0 Å². The second-order valence-electron chi connectivity index (χ2n) is 9.79. The molecule has 0 fully saturated rings. The maximum atomic E-state index is 12.4. The van der Waals surface area contributed by atoms with Crippen molar-refractivity contribution in [1.82, 2.24) is 20.9 Å². The smallest absolute Gasteiger partial charge is 0.255 e. The van der Waals surface area contributed by atoms with Crippen LogP contribution in [-0.4, -0.2) is 82.3 Å². The molecule has 37 heavy (non-hydrogen) atoms. The summed E-state index contributed by atoms with van der Waals surface area (Å²) in [5.41, 5.74) is -0.258. The highest BCUT2D eigenvalue weighted by Gasteiger charge is 2.18. The van der Waals surface area contributed by atoms with E-state index in [9.17, 15) is 34.8 Å². The Hall–Kier alpha value is -3.99. The van der Waals surface area contributed by atoms with Crippen molar-refractivity contribution in [2.24, 2.45) is 5.41 Å². The Bertz CT molecular complexity index is 1030. The fourth-order valence-electron chi connectivity index (χ4n) is 3.51. The maximum absolute atomic E-state index is 12.4. The summed E-state index contributed by atoms with van der Waals surface area (Å²) in [6.07, 6.45) is 0.375. The maximum Gasteiger partial charge on any atom is 0.255 e. The Kier molecular flexibility index (Phi) is 10.6. The van der Waals surface area contributed by atoms with Crippen LogP contribution in [0.15, 0.2) is 36.4 Å². The Morgan fingerprint density at radius 3 is 1.51 bits per heavy atom. The zero-order valence-electron chi connectivity index (χ0n) is 21.4. The molecule has 0 aromatic heterocycles. The summed E-state index contributed by atoms with van der Waals surface area (Å²) in [5.74, 6) is -2.98. The van der Waals surface area contributed by atoms with Gasteiger partial charge in [-0.2, -0.15) is 0 Å². The molecule has 0 aliphatic rings. The SMILES string of the molecule is CC(C)(C)CC(=O)NCCN(CCNC(=O)c1cccc(O)c1O)CCNC(=O)c1cccc(O)c1O. The van der Waals surface area contributed by atoms with Crippen LogP contribution in [0.25, 0.3) is 0 Å². The fourth-order valence-corrected chi connectivity index (χ4v) is 3.51. The van der Waals surface area contributed by atoms with Crippen molar-refractivity contribution in [3.63, 3.8) is 0 Å². The van der Waals surface area contributed by atoms with E-state index in [-0.39, 0.29) is 35.5 Å². The summed E-state index contributed by atoms with van der Waals surface area (Å²) in [6, 6.07) is 8.21. The summed E-state index contributed by atoms with van der Waals surface area (Å²) in [4.78, 5) is 38.9. The van der Waals surface area contributed by atoms with E-state index < -0.39 is 34.8 Å². The van der Waals surface area contributed by atoms with Crippen LogP contribution in [0, 0.1) is 5.41 Å². The second-order valence-corrected chi connectivity index (χ2v) is 9.79. The topological polar surface area (TPSA) is 171 Å². The highest BCUT2D eigenvalue weighted by atomic mass is 16.3. The van der Waals surface area contributed by atoms with Gasteiger partial charge in [0.15, 0.2) is 23.0 Å². The molecule has 0 radical (unpaired) electrons. The third-order valence-corrected chi connectivity index (χ3v) is 5.39. The van der Waals surface area contributed by atoms with Crippen molar-refractivity contribution in [2.75, 3.05) is 39.3 Å². The number of phenolic OH excluding ortho intramolecular Hbond substituents is 4. The Labute approximate surface area is 216 Å². The number of rotatable bonds is 12. The normalized spacial score (nSPS) is 11.2. The van der Waals surface area contributed by atoms with E-state index in [0.29, 0.717) is 32.6 Å². The molecular weight excluding hydrogens is 480 g/mol. The number of carbonyl (C=O) groups excluding carboxylic acids is 3. The molecule has 0 saturated carbocycles. The first kappa shape index (κ1) is 29.2. The Balaban J connectivity index is 1.92. The lowest BCUT2D eigenvalue weighted by molar-refractivity contribution is -0.122. The van der Waals surface area contributed by atoms with Crippen molar-refractivity contribution >= 4 is 17.7 Å².